The molecule has 0 bridgehead atoms. The minimum absolute atomic E-state index is 0.461. The lowest BCUT2D eigenvalue weighted by Crippen LogP contribution is -2.27. The van der Waals surface area contributed by atoms with E-state index in [9.17, 15) is 0 Å². The van der Waals surface area contributed by atoms with E-state index in [1.165, 1.54) is 29.2 Å². The number of nitrogens with one attached hydrogen (secondary N) is 1. The van der Waals surface area contributed by atoms with Crippen LogP contribution < -0.4 is 5.32 Å². The Kier molecular flexibility index (Phi) is 5.62. The molecule has 0 amide bonds. The van der Waals surface area contributed by atoms with Gasteiger partial charge in [0.15, 0.2) is 0 Å². The Hall–Kier alpha value is -0.860. The SMILES string of the molecule is CCNC(c1ccc2cc(Br)ccc2c1)C(CC)CC. The highest BCUT2D eigenvalue weighted by atomic mass is 79.9. The molecule has 0 aromatic heterocycles. The number of fused-ring (bicyclic) bond motifs is 1. The van der Waals surface area contributed by atoms with Crippen LogP contribution in [0.3, 0.4) is 0 Å². The van der Waals surface area contributed by atoms with Crippen molar-refractivity contribution < 1.29 is 0 Å². The molecule has 1 nitrogen and oxygen atoms in total. The summed E-state index contributed by atoms with van der Waals surface area (Å²) in [6.07, 6.45) is 2.43. The van der Waals surface area contributed by atoms with Gasteiger partial charge in [-0.15, -0.1) is 0 Å². The fourth-order valence-electron chi connectivity index (χ4n) is 2.97. The first-order valence-electron chi connectivity index (χ1n) is 7.62. The molecular formula is C18H24BrN. The first kappa shape index (κ1) is 15.5. The lowest BCUT2D eigenvalue weighted by atomic mass is 9.88. The lowest BCUT2D eigenvalue weighted by Gasteiger charge is -2.27. The van der Waals surface area contributed by atoms with Gasteiger partial charge in [0.2, 0.25) is 0 Å². The highest BCUT2D eigenvalue weighted by Gasteiger charge is 2.19. The minimum Gasteiger partial charge on any atom is -0.310 e. The van der Waals surface area contributed by atoms with E-state index in [2.05, 4.69) is 78.4 Å². The summed E-state index contributed by atoms with van der Waals surface area (Å²) in [5, 5.41) is 6.28. The van der Waals surface area contributed by atoms with Crippen LogP contribution in [-0.2, 0) is 0 Å². The van der Waals surface area contributed by atoms with Gasteiger partial charge in [-0.05, 0) is 47.0 Å². The van der Waals surface area contributed by atoms with Crippen LogP contribution in [0.4, 0.5) is 0 Å². The van der Waals surface area contributed by atoms with Gasteiger partial charge in [0.1, 0.15) is 0 Å². The smallest absolute Gasteiger partial charge is 0.0348 e. The van der Waals surface area contributed by atoms with E-state index in [0.717, 1.165) is 11.0 Å². The van der Waals surface area contributed by atoms with E-state index < -0.39 is 0 Å². The molecule has 2 aromatic rings. The van der Waals surface area contributed by atoms with Crippen LogP contribution >= 0.6 is 15.9 Å². The number of rotatable bonds is 6. The van der Waals surface area contributed by atoms with E-state index in [1.54, 1.807) is 0 Å². The van der Waals surface area contributed by atoms with E-state index in [0.29, 0.717) is 12.0 Å². The van der Waals surface area contributed by atoms with Crippen molar-refractivity contribution in [2.24, 2.45) is 5.92 Å². The predicted octanol–water partition coefficient (Wildman–Crippen LogP) is 5.69. The van der Waals surface area contributed by atoms with Gasteiger partial charge in [-0.2, -0.15) is 0 Å². The van der Waals surface area contributed by atoms with Crippen LogP contribution in [0.1, 0.15) is 45.2 Å². The molecule has 0 fully saturated rings. The maximum atomic E-state index is 3.67. The first-order chi connectivity index (χ1) is 9.69. The maximum absolute atomic E-state index is 3.67. The summed E-state index contributed by atoms with van der Waals surface area (Å²) in [5.74, 6) is 0.697. The predicted molar refractivity (Wildman–Crippen MR) is 92.1 cm³/mol. The second-order valence-corrected chi connectivity index (χ2v) is 6.28. The highest BCUT2D eigenvalue weighted by Crippen LogP contribution is 2.30. The molecule has 2 heteroatoms. The minimum atomic E-state index is 0.461. The van der Waals surface area contributed by atoms with Crippen molar-refractivity contribution in [3.63, 3.8) is 0 Å². The summed E-state index contributed by atoms with van der Waals surface area (Å²) < 4.78 is 1.14. The van der Waals surface area contributed by atoms with E-state index >= 15 is 0 Å². The fraction of sp³-hybridized carbons (Fsp3) is 0.444. The van der Waals surface area contributed by atoms with Crippen LogP contribution in [0.25, 0.3) is 10.8 Å². The molecule has 1 N–H and O–H groups in total. The third-order valence-electron chi connectivity index (χ3n) is 4.13. The van der Waals surface area contributed by atoms with Crippen molar-refractivity contribution in [3.05, 3.63) is 46.4 Å². The zero-order valence-electron chi connectivity index (χ0n) is 12.6. The Bertz CT molecular complexity index is 560. The molecular weight excluding hydrogens is 310 g/mol. The molecule has 0 aliphatic carbocycles. The largest absolute Gasteiger partial charge is 0.310 e. The quantitative estimate of drug-likeness (QED) is 0.716. The van der Waals surface area contributed by atoms with Gasteiger partial charge in [-0.25, -0.2) is 0 Å². The van der Waals surface area contributed by atoms with Crippen LogP contribution in [0.2, 0.25) is 0 Å². The molecule has 1 atom stereocenters. The van der Waals surface area contributed by atoms with Crippen molar-refractivity contribution in [2.45, 2.75) is 39.7 Å². The number of halogens is 1. The summed E-state index contributed by atoms with van der Waals surface area (Å²) in [7, 11) is 0. The summed E-state index contributed by atoms with van der Waals surface area (Å²) in [6.45, 7) is 7.78. The highest BCUT2D eigenvalue weighted by molar-refractivity contribution is 9.10. The normalized spacial score (nSPS) is 13.1. The van der Waals surface area contributed by atoms with Crippen molar-refractivity contribution >= 4 is 26.7 Å². The molecule has 20 heavy (non-hydrogen) atoms. The van der Waals surface area contributed by atoms with Crippen molar-refractivity contribution in [3.8, 4) is 0 Å². The lowest BCUT2D eigenvalue weighted by molar-refractivity contribution is 0.347. The molecule has 0 saturated carbocycles. The average Bonchev–Trinajstić information content (AvgIpc) is 2.47. The van der Waals surface area contributed by atoms with Crippen molar-refractivity contribution in [1.82, 2.24) is 5.32 Å². The summed E-state index contributed by atoms with van der Waals surface area (Å²) in [5.41, 5.74) is 1.41. The van der Waals surface area contributed by atoms with E-state index in [-0.39, 0.29) is 0 Å². The summed E-state index contributed by atoms with van der Waals surface area (Å²) in [6, 6.07) is 13.8. The van der Waals surface area contributed by atoms with Crippen LogP contribution in [0.15, 0.2) is 40.9 Å². The molecule has 108 valence electrons. The zero-order valence-corrected chi connectivity index (χ0v) is 14.2. The molecule has 0 spiro atoms. The Balaban J connectivity index is 2.40. The van der Waals surface area contributed by atoms with Gasteiger partial charge < -0.3 is 5.32 Å². The van der Waals surface area contributed by atoms with Gasteiger partial charge in [0, 0.05) is 10.5 Å². The van der Waals surface area contributed by atoms with Crippen LogP contribution in [-0.4, -0.2) is 6.54 Å². The maximum Gasteiger partial charge on any atom is 0.0348 e. The Morgan fingerprint density at radius 2 is 1.60 bits per heavy atom. The van der Waals surface area contributed by atoms with E-state index in [1.807, 2.05) is 0 Å². The molecule has 0 heterocycles. The number of benzene rings is 2. The van der Waals surface area contributed by atoms with Crippen LogP contribution in [0, 0.1) is 5.92 Å². The topological polar surface area (TPSA) is 12.0 Å². The monoisotopic (exact) mass is 333 g/mol. The standard InChI is InChI=1S/C18H24BrN/c1-4-13(5-2)18(20-6-3)16-8-7-15-12-17(19)10-9-14(15)11-16/h7-13,18,20H,4-6H2,1-3H3. The summed E-state index contributed by atoms with van der Waals surface area (Å²) >= 11 is 3.54. The second kappa shape index (κ2) is 7.24. The Morgan fingerprint density at radius 3 is 2.25 bits per heavy atom. The molecule has 2 aromatic carbocycles. The second-order valence-electron chi connectivity index (χ2n) is 5.36. The van der Waals surface area contributed by atoms with Gasteiger partial charge in [0.25, 0.3) is 0 Å². The van der Waals surface area contributed by atoms with Crippen LogP contribution in [0.5, 0.6) is 0 Å². The molecule has 1 unspecified atom stereocenters. The first-order valence-corrected chi connectivity index (χ1v) is 8.41. The molecule has 0 saturated heterocycles. The fourth-order valence-corrected chi connectivity index (χ4v) is 3.34. The zero-order chi connectivity index (χ0) is 14.5. The number of hydrogen-bond donors (Lipinski definition) is 1. The summed E-state index contributed by atoms with van der Waals surface area (Å²) in [4.78, 5) is 0. The third-order valence-corrected chi connectivity index (χ3v) is 4.62. The average molecular weight is 334 g/mol. The number of hydrogen-bond acceptors (Lipinski definition) is 1. The third kappa shape index (κ3) is 3.42. The van der Waals surface area contributed by atoms with Gasteiger partial charge in [-0.1, -0.05) is 67.7 Å². The van der Waals surface area contributed by atoms with Gasteiger partial charge in [-0.3, -0.25) is 0 Å². The van der Waals surface area contributed by atoms with E-state index in [4.69, 9.17) is 0 Å². The Morgan fingerprint density at radius 1 is 0.950 bits per heavy atom. The molecule has 0 aliphatic rings. The Labute approximate surface area is 130 Å². The molecule has 0 radical (unpaired) electrons. The van der Waals surface area contributed by atoms with Gasteiger partial charge in [0.05, 0.1) is 0 Å². The molecule has 0 aliphatic heterocycles. The molecule has 2 rings (SSSR count). The van der Waals surface area contributed by atoms with Crippen molar-refractivity contribution in [1.29, 1.82) is 0 Å². The van der Waals surface area contributed by atoms with Crippen molar-refractivity contribution in [2.75, 3.05) is 6.54 Å². The van der Waals surface area contributed by atoms with Gasteiger partial charge >= 0.3 is 0 Å².